The molecule has 1 aromatic carbocycles. The average molecular weight is 579 g/mol. The number of benzene rings is 1. The Kier molecular flexibility index (Phi) is 7.22. The fourth-order valence-electron chi connectivity index (χ4n) is 5.32. The summed E-state index contributed by atoms with van der Waals surface area (Å²) in [5.41, 5.74) is 2.71. The van der Waals surface area contributed by atoms with Crippen LogP contribution in [0.2, 0.25) is 0 Å². The summed E-state index contributed by atoms with van der Waals surface area (Å²) in [5.74, 6) is -0.339. The van der Waals surface area contributed by atoms with Crippen molar-refractivity contribution in [2.45, 2.75) is 50.6 Å². The Balaban J connectivity index is 1.39. The van der Waals surface area contributed by atoms with Crippen LogP contribution in [0.3, 0.4) is 0 Å². The maximum absolute atomic E-state index is 13.0. The number of alkyl halides is 2. The zero-order valence-electron chi connectivity index (χ0n) is 21.5. The van der Waals surface area contributed by atoms with E-state index in [1.54, 1.807) is 30.7 Å². The zero-order chi connectivity index (χ0) is 28.5. The number of carboxylic acid groups (broad SMARTS) is 1. The van der Waals surface area contributed by atoms with Crippen molar-refractivity contribution < 1.29 is 23.5 Å². The van der Waals surface area contributed by atoms with Gasteiger partial charge >= 0.3 is 5.97 Å². The second-order valence-electron chi connectivity index (χ2n) is 9.74. The molecule has 1 aliphatic carbocycles. The lowest BCUT2D eigenvalue weighted by molar-refractivity contribution is -0.136. The van der Waals surface area contributed by atoms with Crippen LogP contribution in [0.15, 0.2) is 55.1 Å². The van der Waals surface area contributed by atoms with E-state index in [1.807, 2.05) is 18.2 Å². The van der Waals surface area contributed by atoms with Crippen LogP contribution in [0, 0.1) is 0 Å². The van der Waals surface area contributed by atoms with Crippen LogP contribution in [-0.4, -0.2) is 57.5 Å². The number of carbonyl (C=O) groups is 2. The summed E-state index contributed by atoms with van der Waals surface area (Å²) in [6.45, 7) is 0. The highest BCUT2D eigenvalue weighted by molar-refractivity contribution is 7.13. The van der Waals surface area contributed by atoms with Gasteiger partial charge in [-0.2, -0.15) is 10.2 Å². The molecule has 2 N–H and O–H groups in total. The van der Waals surface area contributed by atoms with E-state index in [2.05, 4.69) is 30.0 Å². The Bertz CT molecular complexity index is 1720. The minimum Gasteiger partial charge on any atom is -0.481 e. The minimum absolute atomic E-state index is 0.00114. The number of halogens is 2. The summed E-state index contributed by atoms with van der Waals surface area (Å²) in [5, 5.41) is 20.9. The lowest BCUT2D eigenvalue weighted by Gasteiger charge is -2.32. The SMILES string of the molecule is O=C(O)Cc1ccccc1-c1nc2cnc(-n3nccn3)cc2n1[C@@H]1CCCC(NC(=O)c2ncc(C(F)F)s2)C1. The van der Waals surface area contributed by atoms with Crippen molar-refractivity contribution in [1.82, 2.24) is 39.8 Å². The Labute approximate surface area is 235 Å². The summed E-state index contributed by atoms with van der Waals surface area (Å²) in [7, 11) is 0. The summed E-state index contributed by atoms with van der Waals surface area (Å²) < 4.78 is 28.1. The van der Waals surface area contributed by atoms with E-state index in [9.17, 15) is 23.5 Å². The molecule has 0 bridgehead atoms. The topological polar surface area (TPSA) is 141 Å². The van der Waals surface area contributed by atoms with Gasteiger partial charge in [-0.15, -0.1) is 16.1 Å². The molecule has 4 aromatic heterocycles. The molecule has 210 valence electrons. The summed E-state index contributed by atoms with van der Waals surface area (Å²) in [6, 6.07) is 8.76. The van der Waals surface area contributed by atoms with Crippen LogP contribution in [0.5, 0.6) is 0 Å². The van der Waals surface area contributed by atoms with Crippen LogP contribution in [0.25, 0.3) is 28.2 Å². The first-order valence-corrected chi connectivity index (χ1v) is 13.8. The van der Waals surface area contributed by atoms with Crippen molar-refractivity contribution >= 4 is 34.2 Å². The Morgan fingerprint density at radius 3 is 2.68 bits per heavy atom. The molecule has 5 aromatic rings. The van der Waals surface area contributed by atoms with Gasteiger partial charge in [-0.25, -0.2) is 23.7 Å². The molecule has 4 heterocycles. The third-order valence-electron chi connectivity index (χ3n) is 7.06. The average Bonchev–Trinajstić information content (AvgIpc) is 3.73. The molecule has 41 heavy (non-hydrogen) atoms. The molecule has 11 nitrogen and oxygen atoms in total. The van der Waals surface area contributed by atoms with E-state index >= 15 is 0 Å². The fourth-order valence-corrected chi connectivity index (χ4v) is 5.99. The summed E-state index contributed by atoms with van der Waals surface area (Å²) >= 11 is 0.687. The monoisotopic (exact) mass is 578 g/mol. The second kappa shape index (κ2) is 11.1. The standard InChI is InChI=1S/C27H24F2N8O3S/c28-24(29)21-14-31-27(41-21)26(40)34-16-5-3-6-17(11-16)36-20-12-22(37-32-8-9-33-37)30-13-19(20)35-25(36)18-7-2-1-4-15(18)10-23(38)39/h1-2,4,7-9,12-14,16-17,24H,3,5-6,10-11H2,(H,34,40)(H,38,39)/t16?,17-/m1/s1. The number of carboxylic acids is 1. The normalized spacial score (nSPS) is 17.2. The number of nitrogens with one attached hydrogen (secondary N) is 1. The zero-order valence-corrected chi connectivity index (χ0v) is 22.3. The number of hydrogen-bond donors (Lipinski definition) is 2. The molecule has 6 rings (SSSR count). The number of fused-ring (bicyclic) bond motifs is 1. The van der Waals surface area contributed by atoms with Gasteiger partial charge in [0.1, 0.15) is 11.3 Å². The van der Waals surface area contributed by atoms with Gasteiger partial charge in [-0.05, 0) is 31.2 Å². The van der Waals surface area contributed by atoms with E-state index < -0.39 is 18.3 Å². The predicted molar refractivity (Wildman–Crippen MR) is 145 cm³/mol. The second-order valence-corrected chi connectivity index (χ2v) is 10.8. The van der Waals surface area contributed by atoms with Crippen molar-refractivity contribution in [3.8, 4) is 17.2 Å². The third-order valence-corrected chi connectivity index (χ3v) is 8.07. The van der Waals surface area contributed by atoms with Crippen molar-refractivity contribution in [3.63, 3.8) is 0 Å². The predicted octanol–water partition coefficient (Wildman–Crippen LogP) is 4.61. The van der Waals surface area contributed by atoms with Gasteiger partial charge in [0.25, 0.3) is 12.3 Å². The van der Waals surface area contributed by atoms with E-state index in [-0.39, 0.29) is 28.4 Å². The molecular formula is C27H24F2N8O3S. The molecule has 2 atom stereocenters. The molecule has 0 spiro atoms. The van der Waals surface area contributed by atoms with Crippen LogP contribution in [0.1, 0.15) is 58.4 Å². The Hall–Kier alpha value is -4.59. The summed E-state index contributed by atoms with van der Waals surface area (Å²) in [4.78, 5) is 38.9. The Morgan fingerprint density at radius 2 is 1.93 bits per heavy atom. The molecule has 0 radical (unpaired) electrons. The highest BCUT2D eigenvalue weighted by Gasteiger charge is 2.30. The first-order valence-electron chi connectivity index (χ1n) is 13.0. The van der Waals surface area contributed by atoms with Crippen molar-refractivity contribution in [2.75, 3.05) is 0 Å². The number of imidazole rings is 1. The largest absolute Gasteiger partial charge is 0.481 e. The molecule has 1 unspecified atom stereocenters. The fraction of sp³-hybridized carbons (Fsp3) is 0.296. The van der Waals surface area contributed by atoms with Crippen LogP contribution in [-0.2, 0) is 11.2 Å². The molecular weight excluding hydrogens is 554 g/mol. The first-order chi connectivity index (χ1) is 19.9. The number of rotatable bonds is 8. The van der Waals surface area contributed by atoms with Crippen LogP contribution < -0.4 is 5.32 Å². The smallest absolute Gasteiger partial charge is 0.307 e. The van der Waals surface area contributed by atoms with Crippen LogP contribution >= 0.6 is 11.3 Å². The molecule has 1 amide bonds. The van der Waals surface area contributed by atoms with Gasteiger partial charge in [0, 0.05) is 29.9 Å². The molecule has 1 fully saturated rings. The third kappa shape index (κ3) is 5.42. The quantitative estimate of drug-likeness (QED) is 0.272. The number of amides is 1. The first kappa shape index (κ1) is 26.6. The number of hydrogen-bond acceptors (Lipinski definition) is 8. The number of aliphatic carboxylic acids is 1. The van der Waals surface area contributed by atoms with Crippen molar-refractivity contribution in [2.24, 2.45) is 0 Å². The molecule has 0 saturated heterocycles. The van der Waals surface area contributed by atoms with Gasteiger partial charge in [0.15, 0.2) is 10.8 Å². The van der Waals surface area contributed by atoms with Gasteiger partial charge < -0.3 is 15.0 Å². The lowest BCUT2D eigenvalue weighted by atomic mass is 9.90. The number of thiazole rings is 1. The molecule has 1 saturated carbocycles. The minimum atomic E-state index is -2.68. The number of nitrogens with zero attached hydrogens (tertiary/aromatic N) is 7. The van der Waals surface area contributed by atoms with Gasteiger partial charge in [0.05, 0.1) is 35.4 Å². The van der Waals surface area contributed by atoms with Gasteiger partial charge in [-0.1, -0.05) is 24.3 Å². The number of carbonyl (C=O) groups excluding carboxylic acids is 1. The van der Waals surface area contributed by atoms with Crippen molar-refractivity contribution in [1.29, 1.82) is 0 Å². The lowest BCUT2D eigenvalue weighted by Crippen LogP contribution is -2.39. The highest BCUT2D eigenvalue weighted by Crippen LogP contribution is 2.37. The maximum Gasteiger partial charge on any atom is 0.307 e. The van der Waals surface area contributed by atoms with E-state index in [4.69, 9.17) is 4.98 Å². The van der Waals surface area contributed by atoms with E-state index in [0.717, 1.165) is 31.0 Å². The number of aromatic nitrogens is 7. The number of pyridine rings is 1. The van der Waals surface area contributed by atoms with Crippen molar-refractivity contribution in [3.05, 3.63) is 70.6 Å². The van der Waals surface area contributed by atoms with Gasteiger partial charge in [-0.3, -0.25) is 9.59 Å². The summed E-state index contributed by atoms with van der Waals surface area (Å²) in [6.07, 6.45) is 5.79. The molecule has 0 aliphatic heterocycles. The van der Waals surface area contributed by atoms with E-state index in [1.165, 1.54) is 4.80 Å². The highest BCUT2D eigenvalue weighted by atomic mass is 32.1. The molecule has 1 aliphatic rings. The van der Waals surface area contributed by atoms with Crippen LogP contribution in [0.4, 0.5) is 8.78 Å². The maximum atomic E-state index is 13.0. The Morgan fingerprint density at radius 1 is 1.12 bits per heavy atom. The van der Waals surface area contributed by atoms with Gasteiger partial charge in [0.2, 0.25) is 0 Å². The van der Waals surface area contributed by atoms with E-state index in [0.29, 0.717) is 46.0 Å². The molecule has 14 heteroatoms.